The summed E-state index contributed by atoms with van der Waals surface area (Å²) in [4.78, 5) is 0. The van der Waals surface area contributed by atoms with Crippen molar-refractivity contribution in [3.63, 3.8) is 0 Å². The first-order valence-corrected chi connectivity index (χ1v) is 10.7. The molecule has 4 aromatic rings. The minimum atomic E-state index is -0.00616. The van der Waals surface area contributed by atoms with Gasteiger partial charge < -0.3 is 4.74 Å². The van der Waals surface area contributed by atoms with E-state index in [0.717, 1.165) is 22.6 Å². The Morgan fingerprint density at radius 2 is 1.33 bits per heavy atom. The van der Waals surface area contributed by atoms with Gasteiger partial charge in [-0.2, -0.15) is 0 Å². The van der Waals surface area contributed by atoms with E-state index in [1.807, 2.05) is 42.5 Å². The topological polar surface area (TPSA) is 9.23 Å². The van der Waals surface area contributed by atoms with Gasteiger partial charge in [-0.25, -0.2) is 0 Å². The van der Waals surface area contributed by atoms with E-state index in [1.165, 1.54) is 22.3 Å². The molecule has 148 valence electrons. The molecule has 0 unspecified atom stereocenters. The highest BCUT2D eigenvalue weighted by molar-refractivity contribution is 6.33. The van der Waals surface area contributed by atoms with E-state index in [2.05, 4.69) is 56.3 Å². The van der Waals surface area contributed by atoms with Gasteiger partial charge >= 0.3 is 0 Å². The molecule has 0 spiro atoms. The molecule has 1 aliphatic rings. The lowest BCUT2D eigenvalue weighted by Gasteiger charge is -2.21. The lowest BCUT2D eigenvalue weighted by atomic mass is 9.82. The average Bonchev–Trinajstić information content (AvgIpc) is 2.98. The molecule has 0 saturated carbocycles. The van der Waals surface area contributed by atoms with Crippen LogP contribution in [0.2, 0.25) is 10.0 Å². The molecule has 0 amide bonds. The number of ether oxygens (including phenoxy) is 1. The number of hydrogen-bond acceptors (Lipinski definition) is 1. The van der Waals surface area contributed by atoms with Crippen LogP contribution >= 0.6 is 23.2 Å². The van der Waals surface area contributed by atoms with E-state index in [-0.39, 0.29) is 5.41 Å². The maximum Gasteiger partial charge on any atom is 0.128 e. The smallest absolute Gasteiger partial charge is 0.128 e. The van der Waals surface area contributed by atoms with Crippen molar-refractivity contribution in [2.45, 2.75) is 19.3 Å². The Morgan fingerprint density at radius 1 is 0.633 bits per heavy atom. The minimum Gasteiger partial charge on any atom is -0.457 e. The maximum absolute atomic E-state index is 6.59. The lowest BCUT2D eigenvalue weighted by molar-refractivity contribution is 0.483. The molecule has 0 atom stereocenters. The fraction of sp³-hybridized carbons (Fsp3) is 0.111. The first kappa shape index (κ1) is 19.2. The molecule has 4 aromatic carbocycles. The Hall–Kier alpha value is -2.74. The highest BCUT2D eigenvalue weighted by Crippen LogP contribution is 2.49. The van der Waals surface area contributed by atoms with E-state index >= 15 is 0 Å². The summed E-state index contributed by atoms with van der Waals surface area (Å²) >= 11 is 12.6. The van der Waals surface area contributed by atoms with Gasteiger partial charge in [0.05, 0.1) is 0 Å². The van der Waals surface area contributed by atoms with Crippen LogP contribution in [-0.2, 0) is 5.41 Å². The van der Waals surface area contributed by atoms with Gasteiger partial charge in [-0.1, -0.05) is 73.4 Å². The van der Waals surface area contributed by atoms with Crippen LogP contribution in [-0.4, -0.2) is 0 Å². The Kier molecular flexibility index (Phi) is 4.61. The quantitative estimate of drug-likeness (QED) is 0.315. The Morgan fingerprint density at radius 3 is 2.13 bits per heavy atom. The second-order valence-corrected chi connectivity index (χ2v) is 8.97. The molecule has 0 aliphatic heterocycles. The maximum atomic E-state index is 6.59. The third kappa shape index (κ3) is 3.19. The average molecular weight is 431 g/mol. The van der Waals surface area contributed by atoms with Crippen molar-refractivity contribution in [2.75, 3.05) is 0 Å². The van der Waals surface area contributed by atoms with Crippen LogP contribution in [0.15, 0.2) is 84.9 Å². The number of benzene rings is 4. The SMILES string of the molecule is CC1(C)c2ccccc2-c2cc(-c3cc(Oc4ccc(Cl)cc4)ccc3Cl)ccc21. The van der Waals surface area contributed by atoms with Gasteiger partial charge in [0.2, 0.25) is 0 Å². The molecule has 5 rings (SSSR count). The molecule has 1 aliphatic carbocycles. The van der Waals surface area contributed by atoms with Gasteiger partial charge in [0.25, 0.3) is 0 Å². The summed E-state index contributed by atoms with van der Waals surface area (Å²) < 4.78 is 6.02. The number of fused-ring (bicyclic) bond motifs is 3. The molecule has 0 N–H and O–H groups in total. The zero-order chi connectivity index (χ0) is 20.9. The zero-order valence-corrected chi connectivity index (χ0v) is 18.3. The molecule has 0 heterocycles. The van der Waals surface area contributed by atoms with Crippen molar-refractivity contribution < 1.29 is 4.74 Å². The normalized spacial score (nSPS) is 13.6. The monoisotopic (exact) mass is 430 g/mol. The summed E-state index contributed by atoms with van der Waals surface area (Å²) in [5, 5.41) is 1.38. The van der Waals surface area contributed by atoms with E-state index in [9.17, 15) is 0 Å². The van der Waals surface area contributed by atoms with Crippen LogP contribution in [0.1, 0.15) is 25.0 Å². The second kappa shape index (κ2) is 7.19. The second-order valence-electron chi connectivity index (χ2n) is 8.13. The molecular formula is C27H20Cl2O. The molecular weight excluding hydrogens is 411 g/mol. The van der Waals surface area contributed by atoms with E-state index in [0.29, 0.717) is 10.0 Å². The van der Waals surface area contributed by atoms with Crippen LogP contribution in [0, 0.1) is 0 Å². The van der Waals surface area contributed by atoms with Crippen molar-refractivity contribution in [1.29, 1.82) is 0 Å². The highest BCUT2D eigenvalue weighted by atomic mass is 35.5. The first-order valence-electron chi connectivity index (χ1n) is 9.91. The summed E-state index contributed by atoms with van der Waals surface area (Å²) in [6, 6.07) is 28.4. The predicted molar refractivity (Wildman–Crippen MR) is 126 cm³/mol. The van der Waals surface area contributed by atoms with Gasteiger partial charge in [0.15, 0.2) is 0 Å². The minimum absolute atomic E-state index is 0.00616. The first-order chi connectivity index (χ1) is 14.4. The summed E-state index contributed by atoms with van der Waals surface area (Å²) in [6.45, 7) is 4.57. The summed E-state index contributed by atoms with van der Waals surface area (Å²) in [7, 11) is 0. The van der Waals surface area contributed by atoms with Crippen molar-refractivity contribution in [1.82, 2.24) is 0 Å². The van der Waals surface area contributed by atoms with Crippen LogP contribution in [0.25, 0.3) is 22.3 Å². The van der Waals surface area contributed by atoms with Crippen LogP contribution in [0.5, 0.6) is 11.5 Å². The zero-order valence-electron chi connectivity index (χ0n) is 16.7. The fourth-order valence-corrected chi connectivity index (χ4v) is 4.67. The summed E-state index contributed by atoms with van der Waals surface area (Å²) in [6.07, 6.45) is 0. The Bertz CT molecular complexity index is 1260. The predicted octanol–water partition coefficient (Wildman–Crippen LogP) is 8.76. The molecule has 0 fully saturated rings. The van der Waals surface area contributed by atoms with Crippen LogP contribution in [0.4, 0.5) is 0 Å². The Balaban J connectivity index is 1.57. The number of rotatable bonds is 3. The molecule has 0 saturated heterocycles. The van der Waals surface area contributed by atoms with E-state index in [1.54, 1.807) is 0 Å². The third-order valence-corrected chi connectivity index (χ3v) is 6.46. The molecule has 0 bridgehead atoms. The highest BCUT2D eigenvalue weighted by Gasteiger charge is 2.35. The number of halogens is 2. The van der Waals surface area contributed by atoms with Gasteiger partial charge in [-0.15, -0.1) is 0 Å². The van der Waals surface area contributed by atoms with Crippen molar-refractivity contribution >= 4 is 23.2 Å². The van der Waals surface area contributed by atoms with Gasteiger partial charge in [0.1, 0.15) is 11.5 Å². The van der Waals surface area contributed by atoms with Gasteiger partial charge in [-0.3, -0.25) is 0 Å². The molecule has 0 radical (unpaired) electrons. The molecule has 1 nitrogen and oxygen atoms in total. The van der Waals surface area contributed by atoms with E-state index in [4.69, 9.17) is 27.9 Å². The molecule has 3 heteroatoms. The van der Waals surface area contributed by atoms with Crippen molar-refractivity contribution in [2.24, 2.45) is 0 Å². The van der Waals surface area contributed by atoms with Gasteiger partial charge in [-0.05, 0) is 76.3 Å². The van der Waals surface area contributed by atoms with Crippen molar-refractivity contribution in [3.05, 3.63) is 106 Å². The van der Waals surface area contributed by atoms with Gasteiger partial charge in [0, 0.05) is 21.0 Å². The largest absolute Gasteiger partial charge is 0.457 e. The Labute approximate surface area is 186 Å². The summed E-state index contributed by atoms with van der Waals surface area (Å²) in [5.41, 5.74) is 7.30. The lowest BCUT2D eigenvalue weighted by Crippen LogP contribution is -2.14. The van der Waals surface area contributed by atoms with E-state index < -0.39 is 0 Å². The summed E-state index contributed by atoms with van der Waals surface area (Å²) in [5.74, 6) is 1.47. The fourth-order valence-electron chi connectivity index (χ4n) is 4.32. The van der Waals surface area contributed by atoms with Crippen LogP contribution < -0.4 is 4.74 Å². The third-order valence-electron chi connectivity index (χ3n) is 5.88. The molecule has 30 heavy (non-hydrogen) atoms. The molecule has 0 aromatic heterocycles. The van der Waals surface area contributed by atoms with Crippen LogP contribution in [0.3, 0.4) is 0 Å². The number of hydrogen-bond donors (Lipinski definition) is 0. The standard InChI is InChI=1S/C27H20Cl2O/c1-27(2)24-6-4-3-5-21(24)23-15-17(7-13-25(23)27)22-16-20(12-14-26(22)29)30-19-10-8-18(28)9-11-19/h3-16H,1-2H3. The van der Waals surface area contributed by atoms with Crippen molar-refractivity contribution in [3.8, 4) is 33.8 Å².